The zero-order chi connectivity index (χ0) is 16.0. The van der Waals surface area contributed by atoms with Gasteiger partial charge in [-0.05, 0) is 37.0 Å². The van der Waals surface area contributed by atoms with E-state index in [0.717, 1.165) is 31.0 Å². The molecule has 1 spiro atoms. The van der Waals surface area contributed by atoms with Crippen molar-refractivity contribution in [2.45, 2.75) is 45.1 Å². The Kier molecular flexibility index (Phi) is 3.71. The summed E-state index contributed by atoms with van der Waals surface area (Å²) in [5.74, 6) is 1.09. The lowest BCUT2D eigenvalue weighted by Gasteiger charge is -2.27. The molecule has 5 heteroatoms. The maximum atomic E-state index is 13.1. The van der Waals surface area contributed by atoms with Crippen molar-refractivity contribution in [1.82, 2.24) is 14.7 Å². The summed E-state index contributed by atoms with van der Waals surface area (Å²) in [5.41, 5.74) is 1.45. The Hall–Kier alpha value is -1.36. The zero-order valence-corrected chi connectivity index (χ0v) is 14.2. The second-order valence-corrected chi connectivity index (χ2v) is 7.99. The summed E-state index contributed by atoms with van der Waals surface area (Å²) < 4.78 is 7.66. The standard InChI is InChI=1S/C18H27N3O2/c1-13-3-5-18(9-13)6-7-21(12-18)17(22)15-4-8-23-16(15)14-10-19-20(2)11-14/h10-11,13,15-16H,3-9,12H2,1-2H3/t13-,15-,16+,18-/m0/s1. The lowest BCUT2D eigenvalue weighted by Crippen LogP contribution is -2.37. The van der Waals surface area contributed by atoms with Crippen molar-refractivity contribution in [3.8, 4) is 0 Å². The summed E-state index contributed by atoms with van der Waals surface area (Å²) in [6, 6.07) is 0. The van der Waals surface area contributed by atoms with E-state index in [2.05, 4.69) is 16.9 Å². The quantitative estimate of drug-likeness (QED) is 0.842. The molecule has 2 aliphatic heterocycles. The first-order valence-corrected chi connectivity index (χ1v) is 8.95. The third kappa shape index (κ3) is 2.69. The first-order chi connectivity index (χ1) is 11.1. The summed E-state index contributed by atoms with van der Waals surface area (Å²) in [7, 11) is 1.90. The second kappa shape index (κ2) is 5.62. The topological polar surface area (TPSA) is 47.4 Å². The number of likely N-dealkylation sites (tertiary alicyclic amines) is 1. The molecular formula is C18H27N3O2. The van der Waals surface area contributed by atoms with Crippen molar-refractivity contribution in [2.24, 2.45) is 24.3 Å². The van der Waals surface area contributed by atoms with Crippen LogP contribution in [0.2, 0.25) is 0 Å². The Morgan fingerprint density at radius 3 is 2.96 bits per heavy atom. The maximum absolute atomic E-state index is 13.1. The minimum Gasteiger partial charge on any atom is -0.373 e. The van der Waals surface area contributed by atoms with E-state index in [0.29, 0.717) is 17.9 Å². The molecule has 1 aromatic heterocycles. The van der Waals surface area contributed by atoms with E-state index in [1.807, 2.05) is 19.4 Å². The monoisotopic (exact) mass is 317 g/mol. The van der Waals surface area contributed by atoms with Crippen LogP contribution in [0.1, 0.15) is 50.7 Å². The Balaban J connectivity index is 1.46. The lowest BCUT2D eigenvalue weighted by atomic mass is 9.84. The first kappa shape index (κ1) is 15.2. The predicted octanol–water partition coefficient (Wildman–Crippen LogP) is 2.54. The van der Waals surface area contributed by atoms with Crippen LogP contribution in [0.4, 0.5) is 0 Å². The van der Waals surface area contributed by atoms with Gasteiger partial charge in [0.15, 0.2) is 0 Å². The molecule has 4 atom stereocenters. The van der Waals surface area contributed by atoms with Crippen LogP contribution in [0, 0.1) is 17.3 Å². The largest absolute Gasteiger partial charge is 0.373 e. The van der Waals surface area contributed by atoms with Crippen molar-refractivity contribution < 1.29 is 9.53 Å². The van der Waals surface area contributed by atoms with Crippen LogP contribution in [0.5, 0.6) is 0 Å². The molecule has 0 radical (unpaired) electrons. The summed E-state index contributed by atoms with van der Waals surface area (Å²) in [5, 5.41) is 4.23. The highest BCUT2D eigenvalue weighted by Gasteiger charge is 2.46. The lowest BCUT2D eigenvalue weighted by molar-refractivity contribution is -0.136. The highest BCUT2D eigenvalue weighted by molar-refractivity contribution is 5.80. The van der Waals surface area contributed by atoms with Gasteiger partial charge in [0.2, 0.25) is 5.91 Å². The minimum absolute atomic E-state index is 0.0341. The van der Waals surface area contributed by atoms with Gasteiger partial charge in [0.05, 0.1) is 18.2 Å². The van der Waals surface area contributed by atoms with Gasteiger partial charge in [0, 0.05) is 38.5 Å². The van der Waals surface area contributed by atoms with E-state index in [-0.39, 0.29) is 12.0 Å². The van der Waals surface area contributed by atoms with Gasteiger partial charge in [0.1, 0.15) is 0 Å². The van der Waals surface area contributed by atoms with Crippen LogP contribution in [-0.4, -0.2) is 40.3 Å². The van der Waals surface area contributed by atoms with Crippen LogP contribution in [0.3, 0.4) is 0 Å². The fourth-order valence-electron chi connectivity index (χ4n) is 4.98. The summed E-state index contributed by atoms with van der Waals surface area (Å²) in [4.78, 5) is 15.2. The number of aromatic nitrogens is 2. The number of aryl methyl sites for hydroxylation is 1. The molecular weight excluding hydrogens is 290 g/mol. The van der Waals surface area contributed by atoms with E-state index in [4.69, 9.17) is 4.74 Å². The number of hydrogen-bond acceptors (Lipinski definition) is 3. The average Bonchev–Trinajstić information content (AvgIpc) is 3.27. The number of ether oxygens (including phenoxy) is 1. The SMILES string of the molecule is C[C@H]1CC[C@]2(CCN(C(=O)[C@H]3CCO[C@@H]3c3cnn(C)c3)C2)C1. The molecule has 5 nitrogen and oxygen atoms in total. The van der Waals surface area contributed by atoms with E-state index in [1.54, 1.807) is 4.68 Å². The van der Waals surface area contributed by atoms with E-state index in [9.17, 15) is 4.79 Å². The number of carbonyl (C=O) groups excluding carboxylic acids is 1. The van der Waals surface area contributed by atoms with Crippen molar-refractivity contribution in [2.75, 3.05) is 19.7 Å². The van der Waals surface area contributed by atoms with E-state index in [1.165, 1.54) is 25.7 Å². The Morgan fingerprint density at radius 2 is 2.26 bits per heavy atom. The summed E-state index contributed by atoms with van der Waals surface area (Å²) in [6.45, 7) is 4.92. The normalized spacial score (nSPS) is 37.1. The number of hydrogen-bond donors (Lipinski definition) is 0. The summed E-state index contributed by atoms with van der Waals surface area (Å²) >= 11 is 0. The summed E-state index contributed by atoms with van der Waals surface area (Å²) in [6.07, 6.45) is 9.63. The number of amides is 1. The molecule has 126 valence electrons. The molecule has 1 aliphatic carbocycles. The van der Waals surface area contributed by atoms with Gasteiger partial charge >= 0.3 is 0 Å². The third-order valence-electron chi connectivity index (χ3n) is 6.16. The number of carbonyl (C=O) groups is 1. The molecule has 4 rings (SSSR count). The fourth-order valence-corrected chi connectivity index (χ4v) is 4.98. The van der Waals surface area contributed by atoms with Crippen LogP contribution in [0.25, 0.3) is 0 Å². The van der Waals surface area contributed by atoms with Crippen molar-refractivity contribution in [3.63, 3.8) is 0 Å². The van der Waals surface area contributed by atoms with Crippen molar-refractivity contribution in [1.29, 1.82) is 0 Å². The van der Waals surface area contributed by atoms with Gasteiger partial charge < -0.3 is 9.64 Å². The smallest absolute Gasteiger partial charge is 0.228 e. The van der Waals surface area contributed by atoms with E-state index >= 15 is 0 Å². The third-order valence-corrected chi connectivity index (χ3v) is 6.16. The minimum atomic E-state index is -0.116. The van der Waals surface area contributed by atoms with Crippen molar-refractivity contribution >= 4 is 5.91 Å². The molecule has 3 heterocycles. The van der Waals surface area contributed by atoms with Gasteiger partial charge in [-0.25, -0.2) is 0 Å². The molecule has 23 heavy (non-hydrogen) atoms. The Bertz CT molecular complexity index is 599. The molecule has 1 aromatic rings. The molecule has 0 aromatic carbocycles. The molecule has 0 unspecified atom stereocenters. The van der Waals surface area contributed by atoms with Crippen LogP contribution in [0.15, 0.2) is 12.4 Å². The Labute approximate surface area is 138 Å². The number of nitrogens with zero attached hydrogens (tertiary/aromatic N) is 3. The highest BCUT2D eigenvalue weighted by atomic mass is 16.5. The average molecular weight is 317 g/mol. The van der Waals surface area contributed by atoms with Crippen LogP contribution < -0.4 is 0 Å². The van der Waals surface area contributed by atoms with E-state index < -0.39 is 0 Å². The molecule has 1 saturated carbocycles. The number of rotatable bonds is 2. The zero-order valence-electron chi connectivity index (χ0n) is 14.2. The highest BCUT2D eigenvalue weighted by Crippen LogP contribution is 2.48. The predicted molar refractivity (Wildman–Crippen MR) is 86.7 cm³/mol. The molecule has 0 bridgehead atoms. The van der Waals surface area contributed by atoms with Gasteiger partial charge in [-0.2, -0.15) is 5.10 Å². The van der Waals surface area contributed by atoms with Crippen LogP contribution >= 0.6 is 0 Å². The van der Waals surface area contributed by atoms with Crippen LogP contribution in [-0.2, 0) is 16.6 Å². The second-order valence-electron chi connectivity index (χ2n) is 7.99. The Morgan fingerprint density at radius 1 is 1.39 bits per heavy atom. The van der Waals surface area contributed by atoms with Gasteiger partial charge in [-0.3, -0.25) is 9.48 Å². The van der Waals surface area contributed by atoms with Gasteiger partial charge in [0.25, 0.3) is 0 Å². The van der Waals surface area contributed by atoms with Gasteiger partial charge in [-0.1, -0.05) is 13.3 Å². The molecule has 0 N–H and O–H groups in total. The first-order valence-electron chi connectivity index (χ1n) is 8.95. The molecule has 3 aliphatic rings. The molecule has 1 amide bonds. The molecule has 3 fully saturated rings. The fraction of sp³-hybridized carbons (Fsp3) is 0.778. The molecule has 2 saturated heterocycles. The maximum Gasteiger partial charge on any atom is 0.228 e. The van der Waals surface area contributed by atoms with Crippen molar-refractivity contribution in [3.05, 3.63) is 18.0 Å². The van der Waals surface area contributed by atoms with Gasteiger partial charge in [-0.15, -0.1) is 0 Å².